The number of nitrogens with zero attached hydrogens (tertiary/aromatic N) is 2. The lowest BCUT2D eigenvalue weighted by molar-refractivity contribution is -0.141. The number of rotatable bonds is 4. The topological polar surface area (TPSA) is 99.2 Å². The van der Waals surface area contributed by atoms with Crippen molar-refractivity contribution in [1.82, 2.24) is 9.78 Å². The molecule has 1 heterocycles. The first-order valence-electron chi connectivity index (χ1n) is 6.25. The second-order valence-corrected chi connectivity index (χ2v) is 4.73. The van der Waals surface area contributed by atoms with Crippen molar-refractivity contribution in [2.24, 2.45) is 11.7 Å². The van der Waals surface area contributed by atoms with Crippen LogP contribution in [0.3, 0.4) is 0 Å². The van der Waals surface area contributed by atoms with Crippen LogP contribution in [0.5, 0.6) is 0 Å². The van der Waals surface area contributed by atoms with Gasteiger partial charge in [-0.05, 0) is 19.3 Å². The summed E-state index contributed by atoms with van der Waals surface area (Å²) in [7, 11) is 1.32. The largest absolute Gasteiger partial charge is 0.468 e. The number of carbonyl (C=O) groups is 2. The van der Waals surface area contributed by atoms with E-state index in [0.717, 1.165) is 12.8 Å². The molecule has 7 nitrogen and oxygen atoms in total. The van der Waals surface area contributed by atoms with Crippen molar-refractivity contribution < 1.29 is 14.3 Å². The molecule has 1 aliphatic rings. The molecule has 0 aromatic carbocycles. The number of methoxy groups -OCH3 is 1. The number of carbonyl (C=O) groups excluding carboxylic acids is 2. The fourth-order valence-electron chi connectivity index (χ4n) is 2.20. The number of aromatic nitrogens is 2. The average molecular weight is 266 g/mol. The lowest BCUT2D eigenvalue weighted by Gasteiger charge is -2.08. The zero-order valence-corrected chi connectivity index (χ0v) is 10.8. The Bertz CT molecular complexity index is 471. The predicted molar refractivity (Wildman–Crippen MR) is 68.2 cm³/mol. The van der Waals surface area contributed by atoms with Gasteiger partial charge in [-0.15, -0.1) is 0 Å². The van der Waals surface area contributed by atoms with Crippen molar-refractivity contribution in [2.75, 3.05) is 12.4 Å². The Balaban J connectivity index is 1.89. The number of hydrogen-bond donors (Lipinski definition) is 2. The maximum Gasteiger partial charge on any atom is 0.327 e. The fourth-order valence-corrected chi connectivity index (χ4v) is 2.20. The van der Waals surface area contributed by atoms with Gasteiger partial charge in [-0.25, -0.2) is 0 Å². The molecule has 1 saturated carbocycles. The molecular weight excluding hydrogens is 248 g/mol. The van der Waals surface area contributed by atoms with Crippen LogP contribution in [0.15, 0.2) is 12.3 Å². The summed E-state index contributed by atoms with van der Waals surface area (Å²) in [6.45, 7) is 0.0284. The van der Waals surface area contributed by atoms with Crippen LogP contribution in [0.4, 0.5) is 5.82 Å². The zero-order chi connectivity index (χ0) is 13.8. The van der Waals surface area contributed by atoms with Crippen LogP contribution in [0, 0.1) is 5.92 Å². The number of amides is 1. The third kappa shape index (κ3) is 3.54. The zero-order valence-electron chi connectivity index (χ0n) is 10.8. The lowest BCUT2D eigenvalue weighted by Crippen LogP contribution is -2.23. The molecule has 7 heteroatoms. The molecular formula is C12H18N4O3. The standard InChI is InChI=1S/C12H18N4O3/c1-19-11(17)7-16-5-4-10(15-16)14-12(18)8-2-3-9(13)6-8/h4-5,8-9H,2-3,6-7,13H2,1H3,(H,14,15,18). The maximum atomic E-state index is 11.9. The lowest BCUT2D eigenvalue weighted by atomic mass is 10.1. The van der Waals surface area contributed by atoms with Crippen LogP contribution in [-0.4, -0.2) is 34.8 Å². The smallest absolute Gasteiger partial charge is 0.327 e. The first-order chi connectivity index (χ1) is 9.08. The highest BCUT2D eigenvalue weighted by molar-refractivity contribution is 5.91. The Kier molecular flexibility index (Phi) is 4.16. The molecule has 2 rings (SSSR count). The molecule has 0 saturated heterocycles. The van der Waals surface area contributed by atoms with Crippen molar-refractivity contribution in [3.63, 3.8) is 0 Å². The van der Waals surface area contributed by atoms with Crippen LogP contribution in [-0.2, 0) is 20.9 Å². The van der Waals surface area contributed by atoms with Gasteiger partial charge in [0.05, 0.1) is 7.11 Å². The summed E-state index contributed by atoms with van der Waals surface area (Å²) in [5.74, 6) is -0.0471. The van der Waals surface area contributed by atoms with Gasteiger partial charge in [0, 0.05) is 24.2 Å². The Morgan fingerprint density at radius 2 is 2.37 bits per heavy atom. The molecule has 1 aromatic heterocycles. The monoisotopic (exact) mass is 266 g/mol. The minimum Gasteiger partial charge on any atom is -0.468 e. The van der Waals surface area contributed by atoms with Crippen molar-refractivity contribution in [3.8, 4) is 0 Å². The molecule has 1 amide bonds. The van der Waals surface area contributed by atoms with Crippen molar-refractivity contribution in [3.05, 3.63) is 12.3 Å². The summed E-state index contributed by atoms with van der Waals surface area (Å²) in [6.07, 6.45) is 4.03. The molecule has 104 valence electrons. The number of esters is 1. The minimum absolute atomic E-state index is 0.0284. The molecule has 3 N–H and O–H groups in total. The van der Waals surface area contributed by atoms with Crippen molar-refractivity contribution in [2.45, 2.75) is 31.8 Å². The molecule has 1 aliphatic carbocycles. The minimum atomic E-state index is -0.386. The van der Waals surface area contributed by atoms with E-state index in [-0.39, 0.29) is 30.4 Å². The molecule has 0 aliphatic heterocycles. The fraction of sp³-hybridized carbons (Fsp3) is 0.583. The Morgan fingerprint density at radius 1 is 1.58 bits per heavy atom. The molecule has 2 atom stereocenters. The van der Waals surface area contributed by atoms with E-state index < -0.39 is 0 Å². The van der Waals surface area contributed by atoms with Gasteiger partial charge in [0.15, 0.2) is 5.82 Å². The molecule has 1 fully saturated rings. The Hall–Kier alpha value is -1.89. The predicted octanol–water partition coefficient (Wildman–Crippen LogP) is 0.122. The van der Waals surface area contributed by atoms with Crippen LogP contribution in [0.25, 0.3) is 0 Å². The maximum absolute atomic E-state index is 11.9. The van der Waals surface area contributed by atoms with Crippen LogP contribution in [0.2, 0.25) is 0 Å². The number of anilines is 1. The first-order valence-corrected chi connectivity index (χ1v) is 6.25. The van der Waals surface area contributed by atoms with Gasteiger partial charge in [-0.3, -0.25) is 14.3 Å². The summed E-state index contributed by atoms with van der Waals surface area (Å²) in [6, 6.07) is 1.77. The second-order valence-electron chi connectivity index (χ2n) is 4.73. The number of nitrogens with two attached hydrogens (primary N) is 1. The Morgan fingerprint density at radius 3 is 3.00 bits per heavy atom. The average Bonchev–Trinajstić information content (AvgIpc) is 2.98. The molecule has 1 aromatic rings. The first kappa shape index (κ1) is 13.5. The molecule has 0 bridgehead atoms. The van der Waals surface area contributed by atoms with Gasteiger partial charge in [-0.2, -0.15) is 5.10 Å². The van der Waals surface area contributed by atoms with Crippen LogP contribution >= 0.6 is 0 Å². The normalized spacial score (nSPS) is 22.2. The Labute approximate surface area is 111 Å². The highest BCUT2D eigenvalue weighted by Gasteiger charge is 2.28. The molecule has 2 unspecified atom stereocenters. The van der Waals surface area contributed by atoms with Crippen LogP contribution in [0.1, 0.15) is 19.3 Å². The van der Waals surface area contributed by atoms with E-state index in [2.05, 4.69) is 15.2 Å². The van der Waals surface area contributed by atoms with Gasteiger partial charge in [0.25, 0.3) is 0 Å². The third-order valence-electron chi connectivity index (χ3n) is 3.25. The molecule has 0 radical (unpaired) electrons. The molecule has 19 heavy (non-hydrogen) atoms. The van der Waals surface area contributed by atoms with Crippen molar-refractivity contribution >= 4 is 17.7 Å². The molecule has 0 spiro atoms. The second kappa shape index (κ2) is 5.83. The van der Waals surface area contributed by atoms with E-state index in [0.29, 0.717) is 12.2 Å². The van der Waals surface area contributed by atoms with E-state index in [4.69, 9.17) is 5.73 Å². The van der Waals surface area contributed by atoms with E-state index in [9.17, 15) is 9.59 Å². The van der Waals surface area contributed by atoms with Crippen molar-refractivity contribution in [1.29, 1.82) is 0 Å². The third-order valence-corrected chi connectivity index (χ3v) is 3.25. The highest BCUT2D eigenvalue weighted by atomic mass is 16.5. The summed E-state index contributed by atoms with van der Waals surface area (Å²) in [4.78, 5) is 23.0. The number of nitrogens with one attached hydrogen (secondary N) is 1. The summed E-state index contributed by atoms with van der Waals surface area (Å²) in [5, 5.41) is 6.82. The quantitative estimate of drug-likeness (QED) is 0.754. The van der Waals surface area contributed by atoms with Gasteiger partial charge in [-0.1, -0.05) is 0 Å². The SMILES string of the molecule is COC(=O)Cn1ccc(NC(=O)C2CCC(N)C2)n1. The highest BCUT2D eigenvalue weighted by Crippen LogP contribution is 2.25. The number of hydrogen-bond acceptors (Lipinski definition) is 5. The van der Waals surface area contributed by atoms with Gasteiger partial charge in [0.2, 0.25) is 5.91 Å². The van der Waals surface area contributed by atoms with Gasteiger partial charge in [0.1, 0.15) is 6.54 Å². The number of ether oxygens (including phenoxy) is 1. The van der Waals surface area contributed by atoms with Gasteiger partial charge < -0.3 is 15.8 Å². The van der Waals surface area contributed by atoms with E-state index in [1.165, 1.54) is 11.8 Å². The summed E-state index contributed by atoms with van der Waals surface area (Å²) >= 11 is 0. The van der Waals surface area contributed by atoms with E-state index in [1.807, 2.05) is 0 Å². The van der Waals surface area contributed by atoms with E-state index >= 15 is 0 Å². The van der Waals surface area contributed by atoms with Crippen LogP contribution < -0.4 is 11.1 Å². The van der Waals surface area contributed by atoms with E-state index in [1.54, 1.807) is 12.3 Å². The van der Waals surface area contributed by atoms with Gasteiger partial charge >= 0.3 is 5.97 Å². The summed E-state index contributed by atoms with van der Waals surface area (Å²) in [5.41, 5.74) is 5.78. The summed E-state index contributed by atoms with van der Waals surface area (Å²) < 4.78 is 5.96.